The Bertz CT molecular complexity index is 1010. The van der Waals surface area contributed by atoms with E-state index in [9.17, 15) is 18.0 Å². The van der Waals surface area contributed by atoms with Crippen molar-refractivity contribution in [1.29, 1.82) is 0 Å². The Morgan fingerprint density at radius 2 is 1.79 bits per heavy atom. The summed E-state index contributed by atoms with van der Waals surface area (Å²) in [5.41, 5.74) is 3.75. The number of rotatable bonds is 4. The van der Waals surface area contributed by atoms with Gasteiger partial charge in [-0.2, -0.15) is 13.2 Å². The molecule has 2 N–H and O–H groups in total. The van der Waals surface area contributed by atoms with Crippen LogP contribution in [0.3, 0.4) is 0 Å². The highest BCUT2D eigenvalue weighted by Gasteiger charge is 2.33. The molecule has 0 bridgehead atoms. The molecule has 0 unspecified atom stereocenters. The lowest BCUT2D eigenvalue weighted by Crippen LogP contribution is -2.42. The van der Waals surface area contributed by atoms with E-state index in [0.29, 0.717) is 5.69 Å². The van der Waals surface area contributed by atoms with Crippen molar-refractivity contribution in [1.82, 2.24) is 15.4 Å². The Kier molecular flexibility index (Phi) is 5.88. The van der Waals surface area contributed by atoms with Gasteiger partial charge in [-0.1, -0.05) is 23.7 Å². The van der Waals surface area contributed by atoms with Crippen molar-refractivity contribution in [3.63, 3.8) is 0 Å². The molecule has 0 radical (unpaired) electrons. The van der Waals surface area contributed by atoms with Gasteiger partial charge in [0.05, 0.1) is 16.3 Å². The Hall–Kier alpha value is -3.33. The third kappa shape index (κ3) is 5.14. The summed E-state index contributed by atoms with van der Waals surface area (Å²) in [5.74, 6) is 0. The number of hydrazine groups is 1. The van der Waals surface area contributed by atoms with Crippen LogP contribution in [-0.4, -0.2) is 23.0 Å². The van der Waals surface area contributed by atoms with Crippen LogP contribution in [-0.2, 0) is 6.18 Å². The van der Waals surface area contributed by atoms with Gasteiger partial charge in [-0.05, 0) is 35.9 Å². The van der Waals surface area contributed by atoms with Gasteiger partial charge in [-0.15, -0.1) is 0 Å². The van der Waals surface area contributed by atoms with Crippen molar-refractivity contribution in [3.05, 3.63) is 71.8 Å². The number of nitrogens with one attached hydrogen (secondary N) is 2. The highest BCUT2D eigenvalue weighted by atomic mass is 35.5. The van der Waals surface area contributed by atoms with Gasteiger partial charge in [0.25, 0.3) is 0 Å². The van der Waals surface area contributed by atoms with Crippen LogP contribution >= 0.6 is 11.6 Å². The van der Waals surface area contributed by atoms with Crippen LogP contribution in [0.2, 0.25) is 5.02 Å². The molecule has 2 aromatic carbocycles. The summed E-state index contributed by atoms with van der Waals surface area (Å²) >= 11 is 5.58. The van der Waals surface area contributed by atoms with Gasteiger partial charge >= 0.3 is 12.2 Å². The van der Waals surface area contributed by atoms with Crippen LogP contribution < -0.4 is 15.8 Å². The summed E-state index contributed by atoms with van der Waals surface area (Å²) in [4.78, 5) is 20.1. The second kappa shape index (κ2) is 8.36. The van der Waals surface area contributed by atoms with Crippen LogP contribution in [0, 0.1) is 0 Å². The van der Waals surface area contributed by atoms with Gasteiger partial charge in [0.1, 0.15) is 6.33 Å². The van der Waals surface area contributed by atoms with E-state index in [1.807, 2.05) is 12.1 Å². The summed E-state index contributed by atoms with van der Waals surface area (Å²) in [5, 5.41) is 3.35. The van der Waals surface area contributed by atoms with Crippen LogP contribution in [0.1, 0.15) is 5.56 Å². The molecule has 0 aliphatic carbocycles. The van der Waals surface area contributed by atoms with Crippen molar-refractivity contribution in [3.8, 4) is 11.1 Å². The average Bonchev–Trinajstić information content (AvgIpc) is 2.69. The molecule has 1 heterocycles. The summed E-state index contributed by atoms with van der Waals surface area (Å²) < 4.78 is 38.8. The Morgan fingerprint density at radius 3 is 2.48 bits per heavy atom. The molecule has 0 saturated heterocycles. The summed E-state index contributed by atoms with van der Waals surface area (Å²) in [6.07, 6.45) is 0.117. The molecule has 150 valence electrons. The van der Waals surface area contributed by atoms with Gasteiger partial charge < -0.3 is 5.32 Å². The number of carbonyl (C=O) groups is 1. The molecule has 0 spiro atoms. The van der Waals surface area contributed by atoms with Crippen LogP contribution in [0.4, 0.5) is 29.3 Å². The number of carbonyl (C=O) groups excluding carboxylic acids is 1. The number of amides is 2. The van der Waals surface area contributed by atoms with E-state index < -0.39 is 22.8 Å². The van der Waals surface area contributed by atoms with Crippen molar-refractivity contribution < 1.29 is 18.0 Å². The first-order chi connectivity index (χ1) is 13.7. The standard InChI is InChI=1S/C19H15ClF3N5O/c1-28(15-4-2-3-12(7-15)13-9-24-11-25-10-13)27-18(29)26-14-5-6-17(20)16(8-14)19(21,22)23/h2-11H,1H3,(H2,26,27,29). The van der Waals surface area contributed by atoms with Crippen molar-refractivity contribution >= 4 is 29.0 Å². The highest BCUT2D eigenvalue weighted by Crippen LogP contribution is 2.36. The van der Waals surface area contributed by atoms with E-state index in [-0.39, 0.29) is 5.69 Å². The van der Waals surface area contributed by atoms with E-state index >= 15 is 0 Å². The predicted octanol–water partition coefficient (Wildman–Crippen LogP) is 4.99. The number of aromatic nitrogens is 2. The minimum Gasteiger partial charge on any atom is -0.307 e. The summed E-state index contributed by atoms with van der Waals surface area (Å²) in [6, 6.07) is 9.66. The van der Waals surface area contributed by atoms with Crippen LogP contribution in [0.25, 0.3) is 11.1 Å². The van der Waals surface area contributed by atoms with E-state index in [0.717, 1.165) is 23.3 Å². The second-order valence-corrected chi connectivity index (χ2v) is 6.40. The molecule has 0 saturated carbocycles. The predicted molar refractivity (Wildman–Crippen MR) is 104 cm³/mol. The molecule has 0 aliphatic heterocycles. The number of benzene rings is 2. The maximum absolute atomic E-state index is 12.9. The van der Waals surface area contributed by atoms with E-state index in [4.69, 9.17) is 11.6 Å². The molecule has 29 heavy (non-hydrogen) atoms. The normalized spacial score (nSPS) is 11.1. The summed E-state index contributed by atoms with van der Waals surface area (Å²) in [6.45, 7) is 0. The molecule has 2 amide bonds. The number of nitrogens with zero attached hydrogens (tertiary/aromatic N) is 3. The molecule has 3 rings (SSSR count). The zero-order valence-corrected chi connectivity index (χ0v) is 15.8. The van der Waals surface area contributed by atoms with Crippen LogP contribution in [0.5, 0.6) is 0 Å². The lowest BCUT2D eigenvalue weighted by Gasteiger charge is -2.21. The first-order valence-corrected chi connectivity index (χ1v) is 8.65. The molecule has 0 aliphatic rings. The fourth-order valence-corrected chi connectivity index (χ4v) is 2.76. The smallest absolute Gasteiger partial charge is 0.307 e. The minimum absolute atomic E-state index is 0.0391. The lowest BCUT2D eigenvalue weighted by atomic mass is 10.1. The van der Waals surface area contributed by atoms with Crippen molar-refractivity contribution in [2.45, 2.75) is 6.18 Å². The summed E-state index contributed by atoms with van der Waals surface area (Å²) in [7, 11) is 1.60. The zero-order chi connectivity index (χ0) is 21.0. The molecule has 0 fully saturated rings. The van der Waals surface area contributed by atoms with Gasteiger partial charge in [0.2, 0.25) is 0 Å². The number of alkyl halides is 3. The Labute approximate surface area is 169 Å². The fraction of sp³-hybridized carbons (Fsp3) is 0.105. The minimum atomic E-state index is -4.62. The van der Waals surface area contributed by atoms with Gasteiger partial charge in [0, 0.05) is 30.7 Å². The van der Waals surface area contributed by atoms with Gasteiger partial charge in [-0.25, -0.2) is 20.2 Å². The maximum atomic E-state index is 12.9. The van der Waals surface area contributed by atoms with E-state index in [1.165, 1.54) is 17.4 Å². The molecule has 6 nitrogen and oxygen atoms in total. The number of hydrogen-bond acceptors (Lipinski definition) is 4. The number of anilines is 2. The first kappa shape index (κ1) is 20.4. The topological polar surface area (TPSA) is 70.2 Å². The molecule has 0 atom stereocenters. The second-order valence-electron chi connectivity index (χ2n) is 5.99. The molecule has 1 aromatic heterocycles. The van der Waals surface area contributed by atoms with E-state index in [2.05, 4.69) is 20.7 Å². The monoisotopic (exact) mass is 421 g/mol. The maximum Gasteiger partial charge on any atom is 0.417 e. The Balaban J connectivity index is 1.70. The Morgan fingerprint density at radius 1 is 1.07 bits per heavy atom. The zero-order valence-electron chi connectivity index (χ0n) is 15.0. The largest absolute Gasteiger partial charge is 0.417 e. The third-order valence-electron chi connectivity index (χ3n) is 3.93. The quantitative estimate of drug-likeness (QED) is 0.582. The molecular formula is C19H15ClF3N5O. The number of halogens is 4. The highest BCUT2D eigenvalue weighted by molar-refractivity contribution is 6.31. The van der Waals surface area contributed by atoms with Gasteiger partial charge in [0.15, 0.2) is 0 Å². The van der Waals surface area contributed by atoms with Gasteiger partial charge in [-0.3, -0.25) is 5.01 Å². The molecule has 10 heteroatoms. The third-order valence-corrected chi connectivity index (χ3v) is 4.26. The fourth-order valence-electron chi connectivity index (χ4n) is 2.54. The average molecular weight is 422 g/mol. The number of hydrogen-bond donors (Lipinski definition) is 2. The van der Waals surface area contributed by atoms with Crippen LogP contribution in [0.15, 0.2) is 61.2 Å². The SMILES string of the molecule is CN(NC(=O)Nc1ccc(Cl)c(C(F)(F)F)c1)c1cccc(-c2cncnc2)c1. The van der Waals surface area contributed by atoms with Crippen molar-refractivity contribution in [2.24, 2.45) is 0 Å². The molecule has 3 aromatic rings. The first-order valence-electron chi connectivity index (χ1n) is 8.27. The number of urea groups is 1. The van der Waals surface area contributed by atoms with E-state index in [1.54, 1.807) is 31.6 Å². The van der Waals surface area contributed by atoms with Crippen molar-refractivity contribution in [2.75, 3.05) is 17.4 Å². The lowest BCUT2D eigenvalue weighted by molar-refractivity contribution is -0.137. The molecular weight excluding hydrogens is 407 g/mol.